The van der Waals surface area contributed by atoms with Gasteiger partial charge in [0, 0.05) is 6.42 Å². The zero-order valence-corrected chi connectivity index (χ0v) is 37.8. The molecule has 0 amide bonds. The van der Waals surface area contributed by atoms with Crippen molar-refractivity contribution in [1.29, 1.82) is 0 Å². The number of allylic oxidation sites excluding steroid dienone is 24. The van der Waals surface area contributed by atoms with Crippen molar-refractivity contribution >= 4 is 13.8 Å². The normalized spacial score (nSPS) is 15.2. The number of ether oxygens (including phenoxy) is 1. The van der Waals surface area contributed by atoms with Crippen LogP contribution in [0.4, 0.5) is 0 Å². The molecule has 0 fully saturated rings. The van der Waals surface area contributed by atoms with Crippen molar-refractivity contribution in [3.8, 4) is 0 Å². The van der Waals surface area contributed by atoms with E-state index in [9.17, 15) is 19.4 Å². The molecule has 2 atom stereocenters. The van der Waals surface area contributed by atoms with E-state index in [1.165, 1.54) is 0 Å². The standard InChI is InChI=1S/C50H78NO7P/c1-5-6-7-8-9-10-11-12-13-14-15-16-17-18-19-20-21-22-23-24-25-26-27-28-29-30-31-32-33-34-35-36-37-38-39-40-41-42-43-44-50(53)56-47-49(52)48-58-59(54,55)57-46-45-51(2,3)4/h6-7,9-10,12-13,15-16,18-19,21-22,24-25,27-28,30-31,33-34,36-37,39-40,49,52H,5,8,11,14,17,20,23,26,29,32,35,38,41-48H2,1-4H3/p+1/b7-6-,10-9-,13-12-,16-15-,19-18-,22-21-,25-24-,28-27-,31-30-,34-33-,37-36-,40-39-. The van der Waals surface area contributed by atoms with Crippen LogP contribution in [-0.4, -0.2) is 74.1 Å². The molecule has 0 rings (SSSR count). The average Bonchev–Trinajstić information content (AvgIpc) is 3.19. The van der Waals surface area contributed by atoms with Crippen LogP contribution in [0.2, 0.25) is 0 Å². The third kappa shape index (κ3) is 46.9. The van der Waals surface area contributed by atoms with E-state index >= 15 is 0 Å². The van der Waals surface area contributed by atoms with Crippen LogP contribution in [0.1, 0.15) is 110 Å². The number of unbranched alkanes of at least 4 members (excludes halogenated alkanes) is 2. The number of hydrogen-bond acceptors (Lipinski definition) is 6. The first-order valence-electron chi connectivity index (χ1n) is 21.6. The Bertz CT molecular complexity index is 1440. The van der Waals surface area contributed by atoms with Gasteiger partial charge in [-0.1, -0.05) is 153 Å². The van der Waals surface area contributed by atoms with Gasteiger partial charge in [-0.25, -0.2) is 4.57 Å². The number of phosphoric ester groups is 1. The summed E-state index contributed by atoms with van der Waals surface area (Å²) in [7, 11) is 1.51. The van der Waals surface area contributed by atoms with Crippen molar-refractivity contribution in [2.75, 3.05) is 47.5 Å². The first-order valence-corrected chi connectivity index (χ1v) is 23.1. The Morgan fingerprint density at radius 2 is 0.864 bits per heavy atom. The highest BCUT2D eigenvalue weighted by molar-refractivity contribution is 7.47. The molecule has 59 heavy (non-hydrogen) atoms. The Labute approximate surface area is 359 Å². The molecule has 2 unspecified atom stereocenters. The minimum atomic E-state index is -4.27. The SMILES string of the molecule is CC/C=C\C/C=C\C/C=C\C/C=C\C/C=C\C/C=C\C/C=C\C/C=C\C/C=C\C/C=C\C/C=C\C/C=C\CCCCC(=O)OCC(O)COP(=O)(O)OCC[N+](C)(C)C. The van der Waals surface area contributed by atoms with Crippen LogP contribution in [-0.2, 0) is 23.1 Å². The predicted octanol–water partition coefficient (Wildman–Crippen LogP) is 12.7. The van der Waals surface area contributed by atoms with Crippen molar-refractivity contribution in [3.63, 3.8) is 0 Å². The van der Waals surface area contributed by atoms with Gasteiger partial charge in [0.15, 0.2) is 0 Å². The topological polar surface area (TPSA) is 102 Å². The van der Waals surface area contributed by atoms with E-state index in [1.54, 1.807) is 0 Å². The second kappa shape index (κ2) is 41.1. The van der Waals surface area contributed by atoms with Crippen LogP contribution in [0.25, 0.3) is 0 Å². The molecule has 0 saturated heterocycles. The monoisotopic (exact) mass is 837 g/mol. The molecule has 330 valence electrons. The van der Waals surface area contributed by atoms with Gasteiger partial charge in [-0.15, -0.1) is 0 Å². The summed E-state index contributed by atoms with van der Waals surface area (Å²) in [6.07, 6.45) is 66.1. The largest absolute Gasteiger partial charge is 0.472 e. The number of likely N-dealkylation sites (N-methyl/N-ethyl adjacent to an activating group) is 1. The second-order valence-electron chi connectivity index (χ2n) is 14.9. The summed E-state index contributed by atoms with van der Waals surface area (Å²) >= 11 is 0. The van der Waals surface area contributed by atoms with Crippen LogP contribution >= 0.6 is 7.82 Å². The maximum Gasteiger partial charge on any atom is 0.472 e. The lowest BCUT2D eigenvalue weighted by atomic mass is 10.2. The molecular formula is C50H79NO7P+. The Morgan fingerprint density at radius 3 is 1.20 bits per heavy atom. The molecule has 0 radical (unpaired) electrons. The number of nitrogens with zero attached hydrogens (tertiary/aromatic N) is 1. The molecule has 0 aromatic rings. The van der Waals surface area contributed by atoms with Crippen LogP contribution in [0.15, 0.2) is 146 Å². The number of phosphoric acid groups is 1. The zero-order chi connectivity index (χ0) is 43.4. The maximum absolute atomic E-state index is 11.9. The molecule has 0 saturated carbocycles. The number of hydrogen-bond donors (Lipinski definition) is 2. The molecule has 0 spiro atoms. The first kappa shape index (κ1) is 55.4. The van der Waals surface area contributed by atoms with Crippen molar-refractivity contribution in [2.45, 2.75) is 116 Å². The quantitative estimate of drug-likeness (QED) is 0.0211. The van der Waals surface area contributed by atoms with Crippen LogP contribution in [0, 0.1) is 0 Å². The van der Waals surface area contributed by atoms with Crippen molar-refractivity contribution in [3.05, 3.63) is 146 Å². The molecule has 0 aliphatic heterocycles. The van der Waals surface area contributed by atoms with Gasteiger partial charge in [-0.05, 0) is 96.3 Å². The van der Waals surface area contributed by atoms with Crippen molar-refractivity contribution < 1.29 is 37.6 Å². The number of aliphatic hydroxyl groups excluding tert-OH is 1. The third-order valence-electron chi connectivity index (χ3n) is 8.11. The molecule has 0 aromatic heterocycles. The van der Waals surface area contributed by atoms with Crippen molar-refractivity contribution in [1.82, 2.24) is 0 Å². The van der Waals surface area contributed by atoms with E-state index in [0.717, 1.165) is 89.9 Å². The summed E-state index contributed by atoms with van der Waals surface area (Å²) in [4.78, 5) is 21.6. The summed E-state index contributed by atoms with van der Waals surface area (Å²) in [5, 5.41) is 9.90. The number of quaternary nitrogens is 1. The highest BCUT2D eigenvalue weighted by atomic mass is 31.2. The summed E-state index contributed by atoms with van der Waals surface area (Å²) in [5.74, 6) is -0.421. The maximum atomic E-state index is 11.9. The number of rotatable bonds is 37. The molecule has 0 aliphatic rings. The fourth-order valence-corrected chi connectivity index (χ4v) is 5.50. The summed E-state index contributed by atoms with van der Waals surface area (Å²) in [5.41, 5.74) is 0. The van der Waals surface area contributed by atoms with Gasteiger partial charge in [0.2, 0.25) is 0 Å². The zero-order valence-electron chi connectivity index (χ0n) is 36.9. The molecule has 0 bridgehead atoms. The molecule has 0 heterocycles. The van der Waals surface area contributed by atoms with E-state index < -0.39 is 26.5 Å². The highest BCUT2D eigenvalue weighted by Gasteiger charge is 2.24. The van der Waals surface area contributed by atoms with E-state index in [1.807, 2.05) is 21.1 Å². The molecular weight excluding hydrogens is 758 g/mol. The molecule has 2 N–H and O–H groups in total. The lowest BCUT2D eigenvalue weighted by Gasteiger charge is -2.24. The first-order chi connectivity index (χ1) is 28.6. The lowest BCUT2D eigenvalue weighted by molar-refractivity contribution is -0.870. The van der Waals surface area contributed by atoms with Crippen molar-refractivity contribution in [2.24, 2.45) is 0 Å². The Hall–Kier alpha value is -3.62. The van der Waals surface area contributed by atoms with Crippen LogP contribution in [0.3, 0.4) is 0 Å². The van der Waals surface area contributed by atoms with Gasteiger partial charge < -0.3 is 19.2 Å². The predicted molar refractivity (Wildman–Crippen MR) is 251 cm³/mol. The van der Waals surface area contributed by atoms with E-state index in [2.05, 4.69) is 153 Å². The highest BCUT2D eigenvalue weighted by Crippen LogP contribution is 2.43. The number of aliphatic hydroxyl groups is 1. The molecule has 8 nitrogen and oxygen atoms in total. The van der Waals surface area contributed by atoms with Gasteiger partial charge in [-0.2, -0.15) is 0 Å². The Morgan fingerprint density at radius 1 is 0.525 bits per heavy atom. The average molecular weight is 837 g/mol. The van der Waals surface area contributed by atoms with Gasteiger partial charge in [0.1, 0.15) is 25.9 Å². The summed E-state index contributed by atoms with van der Waals surface area (Å²) < 4.78 is 27.2. The molecule has 0 aliphatic carbocycles. The number of carbonyl (C=O) groups is 1. The van der Waals surface area contributed by atoms with Crippen LogP contribution in [0.5, 0.6) is 0 Å². The minimum Gasteiger partial charge on any atom is -0.463 e. The Kier molecular flexibility index (Phi) is 38.6. The lowest BCUT2D eigenvalue weighted by Crippen LogP contribution is -2.37. The van der Waals surface area contributed by atoms with Gasteiger partial charge in [-0.3, -0.25) is 13.8 Å². The van der Waals surface area contributed by atoms with Gasteiger partial charge in [0.25, 0.3) is 0 Å². The van der Waals surface area contributed by atoms with E-state index in [-0.39, 0.29) is 19.6 Å². The van der Waals surface area contributed by atoms with Crippen LogP contribution < -0.4 is 0 Å². The third-order valence-corrected chi connectivity index (χ3v) is 9.10. The van der Waals surface area contributed by atoms with E-state index in [4.69, 9.17) is 13.8 Å². The Balaban J connectivity index is 3.72. The second-order valence-corrected chi connectivity index (χ2v) is 16.3. The summed E-state index contributed by atoms with van der Waals surface area (Å²) in [6.45, 7) is 1.94. The van der Waals surface area contributed by atoms with Gasteiger partial charge >= 0.3 is 13.8 Å². The summed E-state index contributed by atoms with van der Waals surface area (Å²) in [6, 6.07) is 0. The van der Waals surface area contributed by atoms with E-state index in [0.29, 0.717) is 17.4 Å². The number of carbonyl (C=O) groups excluding carboxylic acids is 1. The smallest absolute Gasteiger partial charge is 0.463 e. The van der Waals surface area contributed by atoms with Gasteiger partial charge in [0.05, 0.1) is 27.7 Å². The fourth-order valence-electron chi connectivity index (χ4n) is 4.75. The fraction of sp³-hybridized carbons (Fsp3) is 0.500. The number of esters is 1. The molecule has 9 heteroatoms. The molecule has 0 aromatic carbocycles. The minimum absolute atomic E-state index is 0.0389.